The van der Waals surface area contributed by atoms with E-state index in [1.807, 2.05) is 0 Å². The van der Waals surface area contributed by atoms with Crippen LogP contribution < -0.4 is 10.6 Å². The van der Waals surface area contributed by atoms with Crippen molar-refractivity contribution in [2.24, 2.45) is 10.8 Å². The number of likely N-dealkylation sites (tertiary alicyclic amines) is 2. The zero-order chi connectivity index (χ0) is 51.5. The number of H-pyrrole nitrogens is 1. The van der Waals surface area contributed by atoms with Crippen molar-refractivity contribution < 1.29 is 21.6 Å². The fourth-order valence-electron chi connectivity index (χ4n) is 12.9. The largest absolute Gasteiger partial charge is 0.359 e. The van der Waals surface area contributed by atoms with Crippen LogP contribution in [0.1, 0.15) is 130 Å². The standard InChI is InChI=1S/C23H32N6O2S.C20H29ClN4O3SSi.C10H19N/c1-15(2)28-10-9-23(12-28)13-29(14-23)32(30,31)22-25-21(26-27-22)24-20-18-7-3-5-16(18)11-17-6-4-8-19(17)20;1-30(2,3)11-10-28-13-25-19(23-20(24-25)29(21,26)27)22-18-16-8-4-6-14(16)12-15-7-5-9-17(15)18;1-9(2)11-7-6-10(8-11)4-3-5-10/h11,15H,3-10,12-14H2,1-2H3,(H2,24,25,26,27);12H,4-11,13H2,1-3H3,(H,22,23,24);9H,3-8H2,1-2H3. The molecule has 5 heterocycles. The van der Waals surface area contributed by atoms with E-state index in [0.717, 1.165) is 113 Å². The highest BCUT2D eigenvalue weighted by molar-refractivity contribution is 8.13. The van der Waals surface area contributed by atoms with Crippen LogP contribution in [-0.4, -0.2) is 127 Å². The first-order valence-corrected chi connectivity index (χ1v) is 34.9. The molecule has 2 aromatic heterocycles. The Labute approximate surface area is 440 Å². The summed E-state index contributed by atoms with van der Waals surface area (Å²) in [6.07, 6.45) is 20.3. The molecule has 400 valence electrons. The minimum absolute atomic E-state index is 0.0576. The molecule has 0 unspecified atom stereocenters. The molecule has 12 rings (SSSR count). The predicted molar refractivity (Wildman–Crippen MR) is 291 cm³/mol. The summed E-state index contributed by atoms with van der Waals surface area (Å²) < 4.78 is 58.8. The zero-order valence-electron chi connectivity index (χ0n) is 44.5. The zero-order valence-corrected chi connectivity index (χ0v) is 47.9. The normalized spacial score (nSPS) is 20.9. The second-order valence-electron chi connectivity index (χ2n) is 24.4. The minimum Gasteiger partial charge on any atom is -0.359 e. The molecule has 4 aromatic rings. The summed E-state index contributed by atoms with van der Waals surface area (Å²) in [7, 11) is -3.38. The third-order valence-corrected chi connectivity index (χ3v) is 21.7. The molecular formula is C53H80ClN11O5S2Si. The molecule has 0 atom stereocenters. The van der Waals surface area contributed by atoms with Gasteiger partial charge in [0.2, 0.25) is 11.9 Å². The van der Waals surface area contributed by atoms with Gasteiger partial charge in [-0.05, 0) is 199 Å². The number of aryl methyl sites for hydroxylation is 4. The van der Waals surface area contributed by atoms with Crippen LogP contribution in [0, 0.1) is 10.8 Å². The van der Waals surface area contributed by atoms with Crippen LogP contribution in [0.25, 0.3) is 0 Å². The molecule has 8 aliphatic rings. The minimum atomic E-state index is -4.03. The Morgan fingerprint density at radius 2 is 1.19 bits per heavy atom. The van der Waals surface area contributed by atoms with Crippen LogP contribution in [0.15, 0.2) is 22.4 Å². The van der Waals surface area contributed by atoms with E-state index in [4.69, 9.17) is 15.4 Å². The molecule has 1 saturated carbocycles. The molecule has 16 nitrogen and oxygen atoms in total. The highest BCUT2D eigenvalue weighted by atomic mass is 35.7. The Morgan fingerprint density at radius 1 is 0.685 bits per heavy atom. The van der Waals surface area contributed by atoms with E-state index in [-0.39, 0.29) is 17.3 Å². The second-order valence-corrected chi connectivity index (χ2v) is 34.4. The van der Waals surface area contributed by atoms with Gasteiger partial charge in [-0.2, -0.15) is 14.3 Å². The van der Waals surface area contributed by atoms with Crippen LogP contribution >= 0.6 is 10.7 Å². The second kappa shape index (κ2) is 20.8. The molecule has 3 N–H and O–H groups in total. The maximum Gasteiger partial charge on any atom is 0.298 e. The van der Waals surface area contributed by atoms with Gasteiger partial charge in [-0.3, -0.25) is 0 Å². The van der Waals surface area contributed by atoms with E-state index in [2.05, 4.69) is 105 Å². The SMILES string of the molecule is CC(C)N1CCC2(C1)CN(S(=O)(=O)c1nc(Nc3c4c(cc5c3CCC5)CCC4)n[nH]1)C2.CC(C)N1CCC2(CCC2)C1.C[Si](C)(C)CCOCn1nc(S(=O)(=O)Cl)nc1Nc1c2c(cc3c1CCC3)CCC2. The number of halogens is 1. The summed E-state index contributed by atoms with van der Waals surface area (Å²) in [5.41, 5.74) is 14.1. The maximum atomic E-state index is 13.2. The monoisotopic (exact) mass is 1080 g/mol. The molecule has 73 heavy (non-hydrogen) atoms. The molecule has 3 saturated heterocycles. The molecule has 5 aliphatic carbocycles. The highest BCUT2D eigenvalue weighted by Crippen LogP contribution is 2.48. The van der Waals surface area contributed by atoms with Gasteiger partial charge in [0.05, 0.1) is 0 Å². The van der Waals surface area contributed by atoms with Crippen molar-refractivity contribution in [2.45, 2.75) is 192 Å². The van der Waals surface area contributed by atoms with E-state index in [0.29, 0.717) is 37.6 Å². The molecule has 0 bridgehead atoms. The first-order chi connectivity index (χ1) is 34.7. The topological polar surface area (TPSA) is 184 Å². The third kappa shape index (κ3) is 11.4. The average Bonchev–Trinajstić information content (AvgIpc) is 4.16. The number of hydrogen-bond donors (Lipinski definition) is 3. The number of benzene rings is 2. The molecule has 2 aromatic carbocycles. The van der Waals surface area contributed by atoms with Gasteiger partial charge in [0, 0.05) is 80.4 Å². The fraction of sp³-hybridized carbons (Fsp3) is 0.698. The van der Waals surface area contributed by atoms with Gasteiger partial charge in [-0.15, -0.1) is 10.2 Å². The number of hydrogen-bond acceptors (Lipinski definition) is 13. The van der Waals surface area contributed by atoms with Crippen molar-refractivity contribution in [3.63, 3.8) is 0 Å². The molecule has 0 radical (unpaired) electrons. The Morgan fingerprint density at radius 3 is 1.64 bits per heavy atom. The number of aromatic nitrogens is 6. The summed E-state index contributed by atoms with van der Waals surface area (Å²) in [4.78, 5) is 13.7. The van der Waals surface area contributed by atoms with Crippen LogP contribution in [-0.2, 0) is 81.9 Å². The van der Waals surface area contributed by atoms with Gasteiger partial charge in [-0.25, -0.2) is 26.6 Å². The van der Waals surface area contributed by atoms with E-state index >= 15 is 0 Å². The van der Waals surface area contributed by atoms with Gasteiger partial charge < -0.3 is 25.2 Å². The number of aromatic amines is 1. The van der Waals surface area contributed by atoms with E-state index in [9.17, 15) is 16.8 Å². The Kier molecular flexibility index (Phi) is 15.1. The fourth-order valence-corrected chi connectivity index (χ4v) is 15.7. The van der Waals surface area contributed by atoms with E-state index < -0.39 is 32.3 Å². The Bertz CT molecular complexity index is 2840. The van der Waals surface area contributed by atoms with Gasteiger partial charge in [-0.1, -0.05) is 38.2 Å². The van der Waals surface area contributed by atoms with Crippen LogP contribution in [0.2, 0.25) is 25.7 Å². The van der Waals surface area contributed by atoms with Crippen LogP contribution in [0.3, 0.4) is 0 Å². The average molecular weight is 1080 g/mol. The molecule has 2 spiro atoms. The number of anilines is 4. The first kappa shape index (κ1) is 53.0. The lowest BCUT2D eigenvalue weighted by Gasteiger charge is -2.46. The summed E-state index contributed by atoms with van der Waals surface area (Å²) in [6.45, 7) is 22.5. The number of rotatable bonds is 14. The third-order valence-electron chi connectivity index (χ3n) is 17.4. The van der Waals surface area contributed by atoms with Crippen molar-refractivity contribution in [3.8, 4) is 0 Å². The summed E-state index contributed by atoms with van der Waals surface area (Å²) in [5, 5.41) is 17.4. The number of ether oxygens (including phenoxy) is 1. The van der Waals surface area contributed by atoms with Crippen LogP contribution in [0.4, 0.5) is 23.3 Å². The van der Waals surface area contributed by atoms with Crippen molar-refractivity contribution in [1.29, 1.82) is 0 Å². The Balaban J connectivity index is 0.000000139. The molecule has 3 aliphatic heterocycles. The lowest BCUT2D eigenvalue weighted by atomic mass is 9.68. The maximum absolute atomic E-state index is 13.2. The summed E-state index contributed by atoms with van der Waals surface area (Å²) in [6, 6.07) is 7.03. The lowest BCUT2D eigenvalue weighted by Crippen LogP contribution is -2.59. The summed E-state index contributed by atoms with van der Waals surface area (Å²) in [5.74, 6) is 0.705. The number of sulfonamides is 1. The predicted octanol–water partition coefficient (Wildman–Crippen LogP) is 9.14. The number of nitrogens with one attached hydrogen (secondary N) is 3. The van der Waals surface area contributed by atoms with Gasteiger partial charge in [0.15, 0.2) is 0 Å². The Hall–Kier alpha value is -3.43. The number of fused-ring (bicyclic) bond motifs is 4. The quantitative estimate of drug-likeness (QED) is 0.0618. The summed E-state index contributed by atoms with van der Waals surface area (Å²) >= 11 is 0. The van der Waals surface area contributed by atoms with Gasteiger partial charge >= 0.3 is 0 Å². The molecular weight excluding hydrogens is 998 g/mol. The van der Waals surface area contributed by atoms with Gasteiger partial charge in [0.25, 0.3) is 29.4 Å². The van der Waals surface area contributed by atoms with Crippen molar-refractivity contribution >= 4 is 61.1 Å². The van der Waals surface area contributed by atoms with E-state index in [1.54, 1.807) is 4.31 Å². The molecule has 20 heteroatoms. The van der Waals surface area contributed by atoms with Crippen molar-refractivity contribution in [1.82, 2.24) is 44.1 Å². The number of nitrogens with zero attached hydrogens (tertiary/aromatic N) is 8. The van der Waals surface area contributed by atoms with Crippen LogP contribution in [0.5, 0.6) is 0 Å². The molecule has 4 fully saturated rings. The van der Waals surface area contributed by atoms with Gasteiger partial charge in [0.1, 0.15) is 6.73 Å². The smallest absolute Gasteiger partial charge is 0.298 e. The van der Waals surface area contributed by atoms with E-state index in [1.165, 1.54) is 101 Å². The van der Waals surface area contributed by atoms with Crippen molar-refractivity contribution in [2.75, 3.05) is 56.5 Å². The lowest BCUT2D eigenvalue weighted by molar-refractivity contribution is 0.0731. The van der Waals surface area contributed by atoms with Crippen molar-refractivity contribution in [3.05, 3.63) is 56.6 Å². The first-order valence-electron chi connectivity index (χ1n) is 27.4. The molecule has 0 amide bonds. The highest BCUT2D eigenvalue weighted by Gasteiger charge is 2.53.